The molecule has 3 unspecified atom stereocenters. The Morgan fingerprint density at radius 1 is 1.12 bits per heavy atom. The van der Waals surface area contributed by atoms with Crippen molar-refractivity contribution in [1.29, 1.82) is 0 Å². The molecule has 0 spiro atoms. The van der Waals surface area contributed by atoms with E-state index >= 15 is 0 Å². The molecule has 13 nitrogen and oxygen atoms in total. The Bertz CT molecular complexity index is 1490. The van der Waals surface area contributed by atoms with Crippen LogP contribution in [0.3, 0.4) is 0 Å². The fourth-order valence-electron chi connectivity index (χ4n) is 6.25. The highest BCUT2D eigenvalue weighted by Crippen LogP contribution is 2.35. The smallest absolute Gasteiger partial charge is 0.407 e. The van der Waals surface area contributed by atoms with E-state index in [0.29, 0.717) is 24.7 Å². The number of benzene rings is 2. The first-order chi connectivity index (χ1) is 23.2. The molecule has 0 aliphatic carbocycles. The molecule has 48 heavy (non-hydrogen) atoms. The third-order valence-electron chi connectivity index (χ3n) is 8.83. The van der Waals surface area contributed by atoms with E-state index in [1.807, 2.05) is 49.9 Å². The van der Waals surface area contributed by atoms with Crippen molar-refractivity contribution in [3.63, 3.8) is 0 Å². The van der Waals surface area contributed by atoms with Crippen LogP contribution in [0.2, 0.25) is 0 Å². The summed E-state index contributed by atoms with van der Waals surface area (Å²) in [6.45, 7) is 6.98. The lowest BCUT2D eigenvalue weighted by Gasteiger charge is -2.31. The maximum absolute atomic E-state index is 13.9. The van der Waals surface area contributed by atoms with E-state index in [0.717, 1.165) is 42.5 Å². The minimum Gasteiger partial charge on any atom is -0.492 e. The van der Waals surface area contributed by atoms with Gasteiger partial charge in [-0.2, -0.15) is 4.31 Å². The lowest BCUT2D eigenvalue weighted by molar-refractivity contribution is -0.0907. The number of aliphatic hydroxyl groups excluding tert-OH is 1. The number of nitrogens with zero attached hydrogens (tertiary/aromatic N) is 2. The Morgan fingerprint density at radius 2 is 1.94 bits per heavy atom. The van der Waals surface area contributed by atoms with Crippen LogP contribution >= 0.6 is 11.8 Å². The molecule has 5 atom stereocenters. The average molecular weight is 708 g/mol. The molecule has 2 aromatic carbocycles. The predicted molar refractivity (Wildman–Crippen MR) is 178 cm³/mol. The summed E-state index contributed by atoms with van der Waals surface area (Å²) in [5.74, 6) is 3.61. The number of nitrogens with one attached hydrogen (secondary N) is 1. The first-order valence-electron chi connectivity index (χ1n) is 16.5. The Hall–Kier alpha value is -2.79. The van der Waals surface area contributed by atoms with Gasteiger partial charge in [0.2, 0.25) is 16.8 Å². The highest BCUT2D eigenvalue weighted by molar-refractivity contribution is 7.99. The van der Waals surface area contributed by atoms with Crippen LogP contribution in [0.25, 0.3) is 0 Å². The minimum atomic E-state index is -4.05. The summed E-state index contributed by atoms with van der Waals surface area (Å²) in [4.78, 5) is 15.6. The summed E-state index contributed by atoms with van der Waals surface area (Å²) in [7, 11) is -4.05. The van der Waals surface area contributed by atoms with Crippen molar-refractivity contribution in [2.24, 2.45) is 11.8 Å². The van der Waals surface area contributed by atoms with E-state index in [1.54, 1.807) is 6.07 Å². The molecule has 4 aliphatic heterocycles. The molecule has 2 N–H and O–H groups in total. The number of aliphatic hydroxyl groups is 1. The van der Waals surface area contributed by atoms with Gasteiger partial charge >= 0.3 is 6.09 Å². The minimum absolute atomic E-state index is 0.0169. The van der Waals surface area contributed by atoms with Crippen molar-refractivity contribution in [3.8, 4) is 17.2 Å². The van der Waals surface area contributed by atoms with Gasteiger partial charge in [-0.25, -0.2) is 13.2 Å². The van der Waals surface area contributed by atoms with Crippen LogP contribution in [0.1, 0.15) is 25.8 Å². The van der Waals surface area contributed by atoms with Crippen LogP contribution in [-0.2, 0) is 30.7 Å². The number of carbonyl (C=O) groups excluding carboxylic acids is 1. The fourth-order valence-corrected chi connectivity index (χ4v) is 8.92. The first-order valence-corrected chi connectivity index (χ1v) is 19.1. The number of alkyl carbamates (subject to hydrolysis) is 1. The molecule has 15 heteroatoms. The number of hydrogen-bond donors (Lipinski definition) is 2. The largest absolute Gasteiger partial charge is 0.492 e. The maximum Gasteiger partial charge on any atom is 0.407 e. The number of amides is 1. The topological polar surface area (TPSA) is 145 Å². The number of ether oxygens (including phenoxy) is 6. The molecule has 0 saturated carbocycles. The number of fused-ring (bicyclic) bond motifs is 2. The van der Waals surface area contributed by atoms with E-state index < -0.39 is 34.4 Å². The number of carbonyl (C=O) groups is 1. The van der Waals surface area contributed by atoms with Crippen LogP contribution in [0.15, 0.2) is 47.4 Å². The predicted octanol–water partition coefficient (Wildman–Crippen LogP) is 2.91. The van der Waals surface area contributed by atoms with Gasteiger partial charge in [0.25, 0.3) is 0 Å². The van der Waals surface area contributed by atoms with Crippen molar-refractivity contribution in [3.05, 3.63) is 48.0 Å². The molecule has 4 heterocycles. The monoisotopic (exact) mass is 707 g/mol. The zero-order valence-corrected chi connectivity index (χ0v) is 29.0. The van der Waals surface area contributed by atoms with E-state index in [-0.39, 0.29) is 55.9 Å². The number of rotatable bonds is 15. The van der Waals surface area contributed by atoms with Crippen molar-refractivity contribution < 1.29 is 46.7 Å². The van der Waals surface area contributed by atoms with E-state index in [2.05, 4.69) is 10.2 Å². The summed E-state index contributed by atoms with van der Waals surface area (Å²) in [5.41, 5.74) is 0.824. The molecule has 0 aromatic heterocycles. The maximum atomic E-state index is 13.9. The van der Waals surface area contributed by atoms with Crippen LogP contribution in [0.4, 0.5) is 4.79 Å². The van der Waals surface area contributed by atoms with Gasteiger partial charge in [0.15, 0.2) is 17.8 Å². The van der Waals surface area contributed by atoms with Crippen LogP contribution in [-0.4, -0.2) is 118 Å². The van der Waals surface area contributed by atoms with E-state index in [9.17, 15) is 18.3 Å². The van der Waals surface area contributed by atoms with Crippen molar-refractivity contribution in [1.82, 2.24) is 14.5 Å². The number of hydrogen-bond acceptors (Lipinski definition) is 12. The summed E-state index contributed by atoms with van der Waals surface area (Å²) in [6.07, 6.45) is -1.91. The lowest BCUT2D eigenvalue weighted by atomic mass is 10.0. The molecular weight excluding hydrogens is 663 g/mol. The summed E-state index contributed by atoms with van der Waals surface area (Å²) in [5, 5.41) is 14.5. The van der Waals surface area contributed by atoms with Gasteiger partial charge in [-0.3, -0.25) is 4.90 Å². The van der Waals surface area contributed by atoms with Gasteiger partial charge in [0, 0.05) is 43.9 Å². The molecule has 264 valence electrons. The molecule has 3 saturated heterocycles. The van der Waals surface area contributed by atoms with Crippen molar-refractivity contribution in [2.75, 3.05) is 64.4 Å². The molecular formula is C33H45N3O10S2. The first kappa shape index (κ1) is 35.1. The normalized spacial score (nSPS) is 23.4. The van der Waals surface area contributed by atoms with Gasteiger partial charge in [-0.1, -0.05) is 26.0 Å². The van der Waals surface area contributed by atoms with Crippen molar-refractivity contribution >= 4 is 27.9 Å². The second-order valence-corrected chi connectivity index (χ2v) is 15.9. The Labute approximate surface area is 286 Å². The second-order valence-electron chi connectivity index (χ2n) is 12.9. The summed E-state index contributed by atoms with van der Waals surface area (Å²) in [6, 6.07) is 11.1. The van der Waals surface area contributed by atoms with Gasteiger partial charge in [0.1, 0.15) is 18.5 Å². The standard InChI is InChI=1S/C33H45N3O10S2/c1-22(2)17-36(48(39,40)25-7-8-29-30(16-25)45-21-44-29)18-28(37)27(34-33(38)46-31-19-43-32-26(31)9-12-42-32)15-23-3-5-24(6-4-23)41-13-10-35-11-14-47-20-35/h3-8,16,22,26-28,31-32,37H,9-15,17-21H2,1-2H3,(H,34,38)/t26?,27-,28+,31?,32?/m0/s1. The summed E-state index contributed by atoms with van der Waals surface area (Å²) < 4.78 is 62.7. The average Bonchev–Trinajstić information content (AvgIpc) is 3.88. The van der Waals surface area contributed by atoms with Gasteiger partial charge in [-0.05, 0) is 48.6 Å². The molecule has 0 bridgehead atoms. The second kappa shape index (κ2) is 15.8. The van der Waals surface area contributed by atoms with Crippen LogP contribution in [0, 0.1) is 11.8 Å². The molecule has 3 fully saturated rings. The van der Waals surface area contributed by atoms with Gasteiger partial charge in [-0.15, -0.1) is 11.8 Å². The van der Waals surface area contributed by atoms with Gasteiger partial charge < -0.3 is 38.8 Å². The quantitative estimate of drug-likeness (QED) is 0.281. The molecule has 0 radical (unpaired) electrons. The third kappa shape index (κ3) is 8.67. The highest BCUT2D eigenvalue weighted by atomic mass is 32.2. The SMILES string of the molecule is CC(C)CN(C[C@@H](O)[C@H](Cc1ccc(OCCN2CCSC2)cc1)NC(=O)OC1COC2OCCC12)S(=O)(=O)c1ccc2c(c1)OCO2. The van der Waals surface area contributed by atoms with E-state index in [1.165, 1.54) is 16.4 Å². The zero-order chi connectivity index (χ0) is 33.7. The Morgan fingerprint density at radius 3 is 2.71 bits per heavy atom. The highest BCUT2D eigenvalue weighted by Gasteiger charge is 2.44. The fraction of sp³-hybridized carbons (Fsp3) is 0.606. The van der Waals surface area contributed by atoms with Crippen molar-refractivity contribution in [2.45, 2.75) is 56.1 Å². The number of sulfonamides is 1. The third-order valence-corrected chi connectivity index (χ3v) is 11.7. The molecule has 2 aromatic rings. The van der Waals surface area contributed by atoms with Crippen LogP contribution < -0.4 is 19.5 Å². The van der Waals surface area contributed by atoms with E-state index in [4.69, 9.17) is 28.4 Å². The van der Waals surface area contributed by atoms with Gasteiger partial charge in [0.05, 0.1) is 36.2 Å². The lowest BCUT2D eigenvalue weighted by Crippen LogP contribution is -2.51. The Balaban J connectivity index is 1.16. The molecule has 4 aliphatic rings. The number of thioether (sulfide) groups is 1. The molecule has 6 rings (SSSR count). The Kier molecular flexibility index (Phi) is 11.6. The van der Waals surface area contributed by atoms with Crippen LogP contribution in [0.5, 0.6) is 17.2 Å². The zero-order valence-electron chi connectivity index (χ0n) is 27.3. The summed E-state index contributed by atoms with van der Waals surface area (Å²) >= 11 is 1.92. The molecule has 1 amide bonds.